The lowest BCUT2D eigenvalue weighted by atomic mass is 9.98. The molecule has 0 saturated carbocycles. The molecule has 0 heterocycles. The molecule has 2 aromatic carbocycles. The van der Waals surface area contributed by atoms with E-state index in [1.807, 2.05) is 54.6 Å². The molecular weight excluding hydrogens is 364 g/mol. The Morgan fingerprint density at radius 1 is 1.03 bits per heavy atom. The van der Waals surface area contributed by atoms with Crippen LogP contribution in [0, 0.1) is 11.3 Å². The van der Waals surface area contributed by atoms with Crippen LogP contribution in [0.1, 0.15) is 24.0 Å². The highest BCUT2D eigenvalue weighted by molar-refractivity contribution is 6.34. The van der Waals surface area contributed by atoms with Crippen molar-refractivity contribution in [3.8, 4) is 23.3 Å². The van der Waals surface area contributed by atoms with Crippen LogP contribution in [0.5, 0.6) is 17.2 Å². The molecule has 150 valence electrons. The van der Waals surface area contributed by atoms with Gasteiger partial charge in [-0.15, -0.1) is 6.58 Å². The molecule has 0 amide bonds. The van der Waals surface area contributed by atoms with Crippen molar-refractivity contribution in [3.05, 3.63) is 66.2 Å². The lowest BCUT2D eigenvalue weighted by Gasteiger charge is -2.12. The van der Waals surface area contributed by atoms with Gasteiger partial charge in [-0.3, -0.25) is 4.99 Å². The van der Waals surface area contributed by atoms with Crippen LogP contribution in [-0.2, 0) is 0 Å². The van der Waals surface area contributed by atoms with Crippen molar-refractivity contribution in [1.82, 2.24) is 0 Å². The first kappa shape index (κ1) is 21.8. The number of benzene rings is 2. The van der Waals surface area contributed by atoms with Gasteiger partial charge >= 0.3 is 0 Å². The van der Waals surface area contributed by atoms with Gasteiger partial charge in [0.1, 0.15) is 17.5 Å². The second-order valence-electron chi connectivity index (χ2n) is 6.17. The van der Waals surface area contributed by atoms with Crippen LogP contribution in [0.3, 0.4) is 0 Å². The third-order valence-corrected chi connectivity index (χ3v) is 4.32. The fraction of sp³-hybridized carbons (Fsp3) is 0.250. The number of ether oxygens (including phenoxy) is 3. The zero-order valence-electron chi connectivity index (χ0n) is 17.1. The van der Waals surface area contributed by atoms with E-state index in [-0.39, 0.29) is 0 Å². The molecule has 0 aliphatic rings. The second-order valence-corrected chi connectivity index (χ2v) is 6.17. The van der Waals surface area contributed by atoms with Crippen LogP contribution < -0.4 is 14.2 Å². The number of methoxy groups -OCH3 is 3. The van der Waals surface area contributed by atoms with Crippen LogP contribution in [0.15, 0.2) is 60.1 Å². The summed E-state index contributed by atoms with van der Waals surface area (Å²) in [5.41, 5.74) is 2.85. The molecule has 0 spiro atoms. The topological polar surface area (TPSA) is 63.8 Å². The van der Waals surface area contributed by atoms with Crippen molar-refractivity contribution in [3.63, 3.8) is 0 Å². The van der Waals surface area contributed by atoms with E-state index in [1.54, 1.807) is 21.3 Å². The predicted molar refractivity (Wildman–Crippen MR) is 118 cm³/mol. The molecule has 0 atom stereocenters. The van der Waals surface area contributed by atoms with E-state index in [9.17, 15) is 5.26 Å². The molecule has 0 aliphatic carbocycles. The summed E-state index contributed by atoms with van der Waals surface area (Å²) in [6, 6.07) is 15.5. The molecule has 2 aromatic rings. The maximum absolute atomic E-state index is 9.78. The zero-order valence-corrected chi connectivity index (χ0v) is 17.1. The fourth-order valence-electron chi connectivity index (χ4n) is 2.77. The van der Waals surface area contributed by atoms with Gasteiger partial charge in [0, 0.05) is 12.1 Å². The lowest BCUT2D eigenvalue weighted by molar-refractivity contribution is 0.355. The van der Waals surface area contributed by atoms with E-state index >= 15 is 0 Å². The molecule has 29 heavy (non-hydrogen) atoms. The highest BCUT2D eigenvalue weighted by atomic mass is 16.5. The smallest absolute Gasteiger partial charge is 0.161 e. The number of aliphatic imine (C=N–C) groups is 1. The van der Waals surface area contributed by atoms with E-state index < -0.39 is 0 Å². The van der Waals surface area contributed by atoms with E-state index in [4.69, 9.17) is 14.2 Å². The normalized spacial score (nSPS) is 11.5. The van der Waals surface area contributed by atoms with Crippen molar-refractivity contribution in [2.75, 3.05) is 27.9 Å². The maximum atomic E-state index is 9.78. The minimum atomic E-state index is 0.372. The maximum Gasteiger partial charge on any atom is 0.161 e. The number of hydrogen-bond donors (Lipinski definition) is 0. The molecule has 5 heteroatoms. The van der Waals surface area contributed by atoms with E-state index in [1.165, 1.54) is 0 Å². The highest BCUT2D eigenvalue weighted by Crippen LogP contribution is 2.32. The Bertz CT molecular complexity index is 922. The van der Waals surface area contributed by atoms with Crippen LogP contribution in [0.25, 0.3) is 11.6 Å². The highest BCUT2D eigenvalue weighted by Gasteiger charge is 2.13. The Labute approximate surface area is 172 Å². The summed E-state index contributed by atoms with van der Waals surface area (Å²) in [6.07, 6.45) is 5.49. The summed E-state index contributed by atoms with van der Waals surface area (Å²) in [6.45, 7) is 4.28. The first-order chi connectivity index (χ1) is 14.2. The van der Waals surface area contributed by atoms with Gasteiger partial charge in [0.25, 0.3) is 0 Å². The Balaban J connectivity index is 2.53. The van der Waals surface area contributed by atoms with E-state index in [0.29, 0.717) is 23.8 Å². The molecule has 0 N–H and O–H groups in total. The number of hydrogen-bond acceptors (Lipinski definition) is 5. The average molecular weight is 390 g/mol. The molecule has 0 fully saturated rings. The van der Waals surface area contributed by atoms with Gasteiger partial charge in [0.2, 0.25) is 0 Å². The van der Waals surface area contributed by atoms with Gasteiger partial charge < -0.3 is 14.2 Å². The molecule has 5 nitrogen and oxygen atoms in total. The van der Waals surface area contributed by atoms with E-state index in [2.05, 4.69) is 17.6 Å². The van der Waals surface area contributed by atoms with Crippen LogP contribution in [0.2, 0.25) is 0 Å². The number of nitriles is 1. The number of unbranched alkanes of at least 4 members (excludes halogenated alkanes) is 1. The predicted octanol–water partition coefficient (Wildman–Crippen LogP) is 5.18. The molecule has 0 unspecified atom stereocenters. The minimum absolute atomic E-state index is 0.372. The zero-order chi connectivity index (χ0) is 21.1. The minimum Gasteiger partial charge on any atom is -0.497 e. The Hall–Kier alpha value is -3.52. The summed E-state index contributed by atoms with van der Waals surface area (Å²) in [5.74, 6) is 1.99. The monoisotopic (exact) mass is 390 g/mol. The van der Waals surface area contributed by atoms with Crippen LogP contribution in [0.4, 0.5) is 0 Å². The largest absolute Gasteiger partial charge is 0.497 e. The Kier molecular flexibility index (Phi) is 8.52. The number of nitrogens with zero attached hydrogens (tertiary/aromatic N) is 2. The standard InChI is InChI=1S/C24H26N2O3/c1-5-6-7-14-26-22(17-25)21(15-18-8-11-20(27-2)12-9-18)19-10-13-23(28-3)24(16-19)29-4/h5,8-13,15-16H,1,6-7,14H2,2-4H3/b21-15+,26-22-. The summed E-state index contributed by atoms with van der Waals surface area (Å²) in [7, 11) is 4.81. The summed E-state index contributed by atoms with van der Waals surface area (Å²) >= 11 is 0. The van der Waals surface area contributed by atoms with E-state index in [0.717, 1.165) is 35.3 Å². The molecule has 0 aliphatic heterocycles. The van der Waals surface area contributed by atoms with Crippen molar-refractivity contribution in [2.24, 2.45) is 4.99 Å². The van der Waals surface area contributed by atoms with Crippen molar-refractivity contribution < 1.29 is 14.2 Å². The number of allylic oxidation sites excluding steroid dienone is 2. The van der Waals surface area contributed by atoms with Crippen molar-refractivity contribution in [2.45, 2.75) is 12.8 Å². The molecule has 0 aromatic heterocycles. The average Bonchev–Trinajstić information content (AvgIpc) is 2.78. The third kappa shape index (κ3) is 5.98. The van der Waals surface area contributed by atoms with Gasteiger partial charge in [0.15, 0.2) is 11.5 Å². The molecule has 0 bridgehead atoms. The third-order valence-electron chi connectivity index (χ3n) is 4.32. The van der Waals surface area contributed by atoms with Gasteiger partial charge in [-0.25, -0.2) is 0 Å². The molecule has 0 radical (unpaired) electrons. The number of rotatable bonds is 10. The Morgan fingerprint density at radius 3 is 2.34 bits per heavy atom. The Morgan fingerprint density at radius 2 is 1.76 bits per heavy atom. The summed E-state index contributed by atoms with van der Waals surface area (Å²) in [4.78, 5) is 4.53. The van der Waals surface area contributed by atoms with Gasteiger partial charge in [-0.1, -0.05) is 24.3 Å². The SMILES string of the molecule is C=CCCC/N=C(C#N)\C(=C\c1ccc(OC)cc1)c1ccc(OC)c(OC)c1. The van der Waals surface area contributed by atoms with Gasteiger partial charge in [-0.05, 0) is 54.3 Å². The molecule has 0 saturated heterocycles. The summed E-state index contributed by atoms with van der Waals surface area (Å²) < 4.78 is 16.0. The second kappa shape index (κ2) is 11.4. The van der Waals surface area contributed by atoms with Crippen molar-refractivity contribution in [1.29, 1.82) is 5.26 Å². The van der Waals surface area contributed by atoms with Crippen LogP contribution >= 0.6 is 0 Å². The van der Waals surface area contributed by atoms with Crippen LogP contribution in [-0.4, -0.2) is 33.6 Å². The summed E-state index contributed by atoms with van der Waals surface area (Å²) in [5, 5.41) is 9.78. The lowest BCUT2D eigenvalue weighted by Crippen LogP contribution is -2.02. The first-order valence-electron chi connectivity index (χ1n) is 9.30. The van der Waals surface area contributed by atoms with Gasteiger partial charge in [0.05, 0.1) is 21.3 Å². The fourth-order valence-corrected chi connectivity index (χ4v) is 2.77. The first-order valence-corrected chi connectivity index (χ1v) is 9.30. The molecular formula is C24H26N2O3. The van der Waals surface area contributed by atoms with Gasteiger partial charge in [-0.2, -0.15) is 5.26 Å². The molecule has 2 rings (SSSR count). The van der Waals surface area contributed by atoms with Crippen molar-refractivity contribution >= 4 is 17.4 Å². The quantitative estimate of drug-likeness (QED) is 0.243.